The molecule has 0 bridgehead atoms. The maximum Gasteiger partial charge on any atom is 0.134 e. The zero-order valence-corrected chi connectivity index (χ0v) is 10.3. The lowest BCUT2D eigenvalue weighted by molar-refractivity contribution is 0.413. The van der Waals surface area contributed by atoms with Crippen LogP contribution in [0.25, 0.3) is 0 Å². The lowest BCUT2D eigenvalue weighted by Crippen LogP contribution is -1.98. The summed E-state index contributed by atoms with van der Waals surface area (Å²) in [5.74, 6) is 0.963. The lowest BCUT2D eigenvalue weighted by atomic mass is 10.2. The van der Waals surface area contributed by atoms with Gasteiger partial charge in [-0.1, -0.05) is 17.7 Å². The summed E-state index contributed by atoms with van der Waals surface area (Å²) in [6, 6.07) is 10.4. The van der Waals surface area contributed by atoms with Crippen LogP contribution in [0.1, 0.15) is 10.4 Å². The molecule has 84 valence electrons. The second-order valence-corrected chi connectivity index (χ2v) is 4.63. The first kappa shape index (κ1) is 11.0. The first-order valence-corrected chi connectivity index (χ1v) is 6.08. The second-order valence-electron chi connectivity index (χ2n) is 3.63. The lowest BCUT2D eigenvalue weighted by Gasteiger charge is -2.06. The third-order valence-corrected chi connectivity index (χ3v) is 3.33. The third kappa shape index (κ3) is 2.55. The van der Waals surface area contributed by atoms with Crippen LogP contribution in [0.15, 0.2) is 35.7 Å². The Bertz CT molecular complexity index is 447. The molecule has 16 heavy (non-hydrogen) atoms. The van der Waals surface area contributed by atoms with Crippen molar-refractivity contribution in [2.75, 3.05) is 12.4 Å². The van der Waals surface area contributed by atoms with Crippen molar-refractivity contribution in [1.29, 1.82) is 0 Å². The first-order valence-electron chi connectivity index (χ1n) is 5.20. The van der Waals surface area contributed by atoms with Crippen LogP contribution in [-0.4, -0.2) is 7.11 Å². The van der Waals surface area contributed by atoms with Crippen molar-refractivity contribution in [2.45, 2.75) is 13.5 Å². The minimum absolute atomic E-state index is 0.809. The summed E-state index contributed by atoms with van der Waals surface area (Å²) < 4.78 is 5.26. The molecule has 0 aliphatic rings. The Morgan fingerprint density at radius 1 is 1.19 bits per heavy atom. The van der Waals surface area contributed by atoms with Crippen molar-refractivity contribution in [3.63, 3.8) is 0 Å². The number of rotatable bonds is 4. The smallest absolute Gasteiger partial charge is 0.134 e. The molecule has 0 spiro atoms. The van der Waals surface area contributed by atoms with Crippen molar-refractivity contribution < 1.29 is 4.74 Å². The summed E-state index contributed by atoms with van der Waals surface area (Å²) in [6.07, 6.45) is 0. The van der Waals surface area contributed by atoms with Gasteiger partial charge in [-0.25, -0.2) is 0 Å². The van der Waals surface area contributed by atoms with E-state index in [9.17, 15) is 0 Å². The van der Waals surface area contributed by atoms with Gasteiger partial charge in [0.2, 0.25) is 0 Å². The molecule has 0 fully saturated rings. The van der Waals surface area contributed by atoms with E-state index >= 15 is 0 Å². The summed E-state index contributed by atoms with van der Waals surface area (Å²) in [5, 5.41) is 5.43. The molecule has 0 atom stereocenters. The molecular formula is C13H15NOS. The highest BCUT2D eigenvalue weighted by atomic mass is 32.1. The molecule has 1 N–H and O–H groups in total. The predicted molar refractivity (Wildman–Crippen MR) is 69.4 cm³/mol. The van der Waals surface area contributed by atoms with E-state index in [1.165, 1.54) is 10.4 Å². The topological polar surface area (TPSA) is 21.3 Å². The van der Waals surface area contributed by atoms with Crippen molar-refractivity contribution in [3.8, 4) is 5.75 Å². The van der Waals surface area contributed by atoms with Crippen molar-refractivity contribution in [1.82, 2.24) is 0 Å². The molecule has 1 aromatic carbocycles. The predicted octanol–water partition coefficient (Wildman–Crippen LogP) is 3.68. The van der Waals surface area contributed by atoms with Gasteiger partial charge >= 0.3 is 0 Å². The Labute approximate surface area is 99.9 Å². The van der Waals surface area contributed by atoms with Crippen LogP contribution < -0.4 is 10.1 Å². The fourth-order valence-corrected chi connectivity index (χ4v) is 2.27. The number of benzene rings is 1. The fourth-order valence-electron chi connectivity index (χ4n) is 1.49. The Morgan fingerprint density at radius 3 is 2.62 bits per heavy atom. The van der Waals surface area contributed by atoms with Gasteiger partial charge in [0, 0.05) is 5.69 Å². The largest absolute Gasteiger partial charge is 0.496 e. The van der Waals surface area contributed by atoms with Gasteiger partial charge in [0.05, 0.1) is 18.5 Å². The van der Waals surface area contributed by atoms with Gasteiger partial charge in [0.25, 0.3) is 0 Å². The number of aryl methyl sites for hydroxylation is 1. The van der Waals surface area contributed by atoms with E-state index in [2.05, 4.69) is 36.5 Å². The highest BCUT2D eigenvalue weighted by molar-refractivity contribution is 7.10. The quantitative estimate of drug-likeness (QED) is 0.869. The maximum absolute atomic E-state index is 5.26. The van der Waals surface area contributed by atoms with Crippen LogP contribution >= 0.6 is 11.3 Å². The standard InChI is InChI=1S/C13H15NOS/c1-10-3-5-11(6-4-10)14-9-13-12(15-2)7-8-16-13/h3-8,14H,9H2,1-2H3. The molecule has 0 unspecified atom stereocenters. The molecule has 0 amide bonds. The number of methoxy groups -OCH3 is 1. The van der Waals surface area contributed by atoms with Crippen LogP contribution in [0.2, 0.25) is 0 Å². The fraction of sp³-hybridized carbons (Fsp3) is 0.231. The highest BCUT2D eigenvalue weighted by Crippen LogP contribution is 2.25. The summed E-state index contributed by atoms with van der Waals surface area (Å²) in [7, 11) is 1.71. The molecule has 0 saturated carbocycles. The molecule has 2 aromatic rings. The number of hydrogen-bond donors (Lipinski definition) is 1. The second kappa shape index (κ2) is 5.03. The molecule has 3 heteroatoms. The molecule has 0 aliphatic heterocycles. The minimum atomic E-state index is 0.809. The van der Waals surface area contributed by atoms with Gasteiger partial charge < -0.3 is 10.1 Å². The van der Waals surface area contributed by atoms with Gasteiger partial charge in [0.15, 0.2) is 0 Å². The zero-order valence-electron chi connectivity index (χ0n) is 9.49. The first-order chi connectivity index (χ1) is 7.79. The van der Waals surface area contributed by atoms with Gasteiger partial charge in [-0.3, -0.25) is 0 Å². The Hall–Kier alpha value is -1.48. The number of hydrogen-bond acceptors (Lipinski definition) is 3. The van der Waals surface area contributed by atoms with E-state index in [4.69, 9.17) is 4.74 Å². The Kier molecular flexibility index (Phi) is 3.47. The molecule has 2 nitrogen and oxygen atoms in total. The summed E-state index contributed by atoms with van der Waals surface area (Å²) in [5.41, 5.74) is 2.42. The van der Waals surface area contributed by atoms with E-state index in [0.29, 0.717) is 0 Å². The van der Waals surface area contributed by atoms with Crippen LogP contribution in [0, 0.1) is 6.92 Å². The average Bonchev–Trinajstić information content (AvgIpc) is 2.76. The van der Waals surface area contributed by atoms with E-state index in [-0.39, 0.29) is 0 Å². The molecule has 0 aliphatic carbocycles. The van der Waals surface area contributed by atoms with Gasteiger partial charge in [0.1, 0.15) is 5.75 Å². The molecule has 1 aromatic heterocycles. The molecule has 0 radical (unpaired) electrons. The van der Waals surface area contributed by atoms with Crippen LogP contribution in [-0.2, 0) is 6.54 Å². The normalized spacial score (nSPS) is 10.1. The van der Waals surface area contributed by atoms with Crippen molar-refractivity contribution >= 4 is 17.0 Å². The number of thiophene rings is 1. The Balaban J connectivity index is 1.99. The monoisotopic (exact) mass is 233 g/mol. The van der Waals surface area contributed by atoms with Crippen molar-refractivity contribution in [3.05, 3.63) is 46.2 Å². The van der Waals surface area contributed by atoms with E-state index in [1.807, 2.05) is 11.4 Å². The molecule has 0 saturated heterocycles. The summed E-state index contributed by atoms with van der Waals surface area (Å²) >= 11 is 1.71. The Morgan fingerprint density at radius 2 is 1.94 bits per heavy atom. The molecular weight excluding hydrogens is 218 g/mol. The van der Waals surface area contributed by atoms with Crippen LogP contribution in [0.4, 0.5) is 5.69 Å². The van der Waals surface area contributed by atoms with Gasteiger partial charge in [-0.15, -0.1) is 11.3 Å². The average molecular weight is 233 g/mol. The third-order valence-electron chi connectivity index (χ3n) is 2.43. The van der Waals surface area contributed by atoms with Gasteiger partial charge in [-0.2, -0.15) is 0 Å². The van der Waals surface area contributed by atoms with E-state index in [1.54, 1.807) is 18.4 Å². The number of ether oxygens (including phenoxy) is 1. The van der Waals surface area contributed by atoms with E-state index < -0.39 is 0 Å². The van der Waals surface area contributed by atoms with E-state index in [0.717, 1.165) is 18.0 Å². The number of anilines is 1. The molecule has 1 heterocycles. The molecule has 2 rings (SSSR count). The van der Waals surface area contributed by atoms with Gasteiger partial charge in [-0.05, 0) is 30.5 Å². The van der Waals surface area contributed by atoms with Crippen molar-refractivity contribution in [2.24, 2.45) is 0 Å². The minimum Gasteiger partial charge on any atom is -0.496 e. The van der Waals surface area contributed by atoms with Crippen LogP contribution in [0.5, 0.6) is 5.75 Å². The summed E-state index contributed by atoms with van der Waals surface area (Å²) in [6.45, 7) is 2.90. The highest BCUT2D eigenvalue weighted by Gasteiger charge is 2.03. The summed E-state index contributed by atoms with van der Waals surface area (Å²) in [4.78, 5) is 1.23. The zero-order chi connectivity index (χ0) is 11.4. The maximum atomic E-state index is 5.26. The SMILES string of the molecule is COc1ccsc1CNc1ccc(C)cc1. The van der Waals surface area contributed by atoms with Crippen LogP contribution in [0.3, 0.4) is 0 Å². The number of nitrogens with one attached hydrogen (secondary N) is 1.